The van der Waals surface area contributed by atoms with Crippen molar-refractivity contribution in [2.75, 3.05) is 25.0 Å². The van der Waals surface area contributed by atoms with Crippen molar-refractivity contribution in [1.82, 2.24) is 0 Å². The molecule has 6 nitrogen and oxygen atoms in total. The quantitative estimate of drug-likeness (QED) is 0.566. The normalized spacial score (nSPS) is 11.2. The molecule has 0 aliphatic carbocycles. The van der Waals surface area contributed by atoms with E-state index < -0.39 is 23.9 Å². The van der Waals surface area contributed by atoms with E-state index in [0.717, 1.165) is 0 Å². The fourth-order valence-electron chi connectivity index (χ4n) is 1.48. The summed E-state index contributed by atoms with van der Waals surface area (Å²) < 4.78 is 31.4. The van der Waals surface area contributed by atoms with E-state index in [-0.39, 0.29) is 17.1 Å². The lowest BCUT2D eigenvalue weighted by molar-refractivity contribution is -0.385. The predicted octanol–water partition coefficient (Wildman–Crippen LogP) is 2.39. The van der Waals surface area contributed by atoms with Crippen molar-refractivity contribution in [3.63, 3.8) is 0 Å². The van der Waals surface area contributed by atoms with E-state index in [1.807, 2.05) is 6.92 Å². The third-order valence-electron chi connectivity index (χ3n) is 2.48. The van der Waals surface area contributed by atoms with E-state index in [0.29, 0.717) is 13.0 Å². The monoisotopic (exact) mass is 289 g/mol. The van der Waals surface area contributed by atoms with Gasteiger partial charge in [-0.05, 0) is 18.6 Å². The SMILES string of the molecule is CCCOc1cccc(NCC(F)(F)CN)c1[N+](=O)[O-]. The Morgan fingerprint density at radius 2 is 2.20 bits per heavy atom. The van der Waals surface area contributed by atoms with Crippen LogP contribution in [-0.2, 0) is 0 Å². The van der Waals surface area contributed by atoms with E-state index in [1.165, 1.54) is 18.2 Å². The molecule has 0 aromatic heterocycles. The molecule has 0 unspecified atom stereocenters. The summed E-state index contributed by atoms with van der Waals surface area (Å²) in [6.07, 6.45) is 0.681. The molecule has 0 saturated carbocycles. The van der Waals surface area contributed by atoms with Crippen LogP contribution in [0.1, 0.15) is 13.3 Å². The number of benzene rings is 1. The molecule has 112 valence electrons. The minimum absolute atomic E-state index is 0.0169. The summed E-state index contributed by atoms with van der Waals surface area (Å²) in [5.74, 6) is -3.08. The van der Waals surface area contributed by atoms with Gasteiger partial charge in [0.1, 0.15) is 5.69 Å². The fraction of sp³-hybridized carbons (Fsp3) is 0.500. The number of nitro groups is 1. The smallest absolute Gasteiger partial charge is 0.333 e. The van der Waals surface area contributed by atoms with Crippen LogP contribution in [0, 0.1) is 10.1 Å². The Balaban J connectivity index is 2.97. The maximum absolute atomic E-state index is 13.1. The van der Waals surface area contributed by atoms with Crippen LogP contribution >= 0.6 is 0 Å². The van der Waals surface area contributed by atoms with Gasteiger partial charge in [-0.2, -0.15) is 0 Å². The minimum atomic E-state index is -3.13. The highest BCUT2D eigenvalue weighted by Crippen LogP contribution is 2.35. The summed E-state index contributed by atoms with van der Waals surface area (Å²) in [6.45, 7) is 0.556. The second-order valence-electron chi connectivity index (χ2n) is 4.17. The van der Waals surface area contributed by atoms with Gasteiger partial charge < -0.3 is 15.8 Å². The number of rotatable bonds is 8. The zero-order valence-corrected chi connectivity index (χ0v) is 11.1. The lowest BCUT2D eigenvalue weighted by Crippen LogP contribution is -2.35. The molecule has 8 heteroatoms. The average Bonchev–Trinajstić information content (AvgIpc) is 2.42. The number of nitrogens with zero attached hydrogens (tertiary/aromatic N) is 1. The lowest BCUT2D eigenvalue weighted by atomic mass is 10.2. The first-order valence-corrected chi connectivity index (χ1v) is 6.13. The van der Waals surface area contributed by atoms with Crippen molar-refractivity contribution in [2.45, 2.75) is 19.3 Å². The van der Waals surface area contributed by atoms with Gasteiger partial charge in [-0.1, -0.05) is 13.0 Å². The first-order valence-electron chi connectivity index (χ1n) is 6.13. The van der Waals surface area contributed by atoms with E-state index >= 15 is 0 Å². The highest BCUT2D eigenvalue weighted by molar-refractivity contribution is 5.68. The molecule has 0 aliphatic heterocycles. The second kappa shape index (κ2) is 6.99. The second-order valence-corrected chi connectivity index (χ2v) is 4.17. The van der Waals surface area contributed by atoms with Crippen LogP contribution < -0.4 is 15.8 Å². The Hall–Kier alpha value is -1.96. The first-order chi connectivity index (χ1) is 9.41. The number of ether oxygens (including phenoxy) is 1. The number of nitro benzene ring substituents is 1. The van der Waals surface area contributed by atoms with E-state index in [2.05, 4.69) is 5.32 Å². The molecule has 0 fully saturated rings. The summed E-state index contributed by atoms with van der Waals surface area (Å²) in [5, 5.41) is 13.4. The predicted molar refractivity (Wildman–Crippen MR) is 71.4 cm³/mol. The van der Waals surface area contributed by atoms with Crippen LogP contribution in [0.2, 0.25) is 0 Å². The Morgan fingerprint density at radius 1 is 1.50 bits per heavy atom. The molecule has 3 N–H and O–H groups in total. The lowest BCUT2D eigenvalue weighted by Gasteiger charge is -2.16. The molecule has 0 aliphatic rings. The fourth-order valence-corrected chi connectivity index (χ4v) is 1.48. The Kier molecular flexibility index (Phi) is 5.63. The summed E-state index contributed by atoms with van der Waals surface area (Å²) in [5.41, 5.74) is 4.55. The van der Waals surface area contributed by atoms with Gasteiger partial charge in [0.05, 0.1) is 24.6 Å². The molecule has 0 atom stereocenters. The number of nitrogens with two attached hydrogens (primary N) is 1. The number of nitrogens with one attached hydrogen (secondary N) is 1. The van der Waals surface area contributed by atoms with E-state index in [4.69, 9.17) is 10.5 Å². The summed E-state index contributed by atoms with van der Waals surface area (Å²) >= 11 is 0. The largest absolute Gasteiger partial charge is 0.487 e. The molecule has 0 heterocycles. The molecular formula is C12H17F2N3O3. The minimum Gasteiger partial charge on any atom is -0.487 e. The van der Waals surface area contributed by atoms with Gasteiger partial charge in [0.2, 0.25) is 0 Å². The Morgan fingerprint density at radius 3 is 2.75 bits per heavy atom. The highest BCUT2D eigenvalue weighted by atomic mass is 19.3. The number of hydrogen-bond donors (Lipinski definition) is 2. The van der Waals surface area contributed by atoms with Gasteiger partial charge in [-0.15, -0.1) is 0 Å². The van der Waals surface area contributed by atoms with Gasteiger partial charge in [-0.25, -0.2) is 8.78 Å². The number of alkyl halides is 2. The zero-order valence-electron chi connectivity index (χ0n) is 11.1. The van der Waals surface area contributed by atoms with Gasteiger partial charge in [-0.3, -0.25) is 10.1 Å². The van der Waals surface area contributed by atoms with Crippen LogP contribution in [0.25, 0.3) is 0 Å². The number of anilines is 1. The molecule has 0 bridgehead atoms. The zero-order chi connectivity index (χ0) is 15.2. The molecule has 1 rings (SSSR count). The summed E-state index contributed by atoms with van der Waals surface area (Å²) in [6, 6.07) is 4.28. The molecule has 1 aromatic rings. The van der Waals surface area contributed by atoms with Crippen molar-refractivity contribution < 1.29 is 18.4 Å². The van der Waals surface area contributed by atoms with Gasteiger partial charge in [0.15, 0.2) is 5.75 Å². The maximum Gasteiger partial charge on any atom is 0.333 e. The van der Waals surface area contributed by atoms with E-state index in [1.54, 1.807) is 0 Å². The Labute approximate surface area is 115 Å². The highest BCUT2D eigenvalue weighted by Gasteiger charge is 2.28. The molecule has 0 saturated heterocycles. The van der Waals surface area contributed by atoms with Gasteiger partial charge in [0.25, 0.3) is 5.92 Å². The summed E-state index contributed by atoms with van der Waals surface area (Å²) in [4.78, 5) is 10.4. The third kappa shape index (κ3) is 4.30. The van der Waals surface area contributed by atoms with Crippen LogP contribution in [0.3, 0.4) is 0 Å². The van der Waals surface area contributed by atoms with Gasteiger partial charge >= 0.3 is 5.69 Å². The number of hydrogen-bond acceptors (Lipinski definition) is 5. The third-order valence-corrected chi connectivity index (χ3v) is 2.48. The van der Waals surface area contributed by atoms with Crippen molar-refractivity contribution in [3.05, 3.63) is 28.3 Å². The molecule has 1 aromatic carbocycles. The molecular weight excluding hydrogens is 272 g/mol. The summed E-state index contributed by atoms with van der Waals surface area (Å²) in [7, 11) is 0. The molecule has 0 radical (unpaired) electrons. The molecule has 0 amide bonds. The van der Waals surface area contributed by atoms with E-state index in [9.17, 15) is 18.9 Å². The van der Waals surface area contributed by atoms with Crippen molar-refractivity contribution >= 4 is 11.4 Å². The van der Waals surface area contributed by atoms with Crippen LogP contribution in [0.4, 0.5) is 20.2 Å². The Bertz CT molecular complexity index is 469. The van der Waals surface area contributed by atoms with Crippen LogP contribution in [0.15, 0.2) is 18.2 Å². The number of para-hydroxylation sites is 1. The standard InChI is InChI=1S/C12H17F2N3O3/c1-2-6-20-10-5-3-4-9(11(10)17(18)19)16-8-12(13,14)7-15/h3-5,16H,2,6-8,15H2,1H3. The topological polar surface area (TPSA) is 90.4 Å². The number of halogens is 2. The van der Waals surface area contributed by atoms with Crippen LogP contribution in [0.5, 0.6) is 5.75 Å². The maximum atomic E-state index is 13.1. The molecule has 0 spiro atoms. The molecule has 20 heavy (non-hydrogen) atoms. The van der Waals surface area contributed by atoms with Gasteiger partial charge in [0, 0.05) is 0 Å². The first kappa shape index (κ1) is 16.1. The van der Waals surface area contributed by atoms with Crippen molar-refractivity contribution in [1.29, 1.82) is 0 Å². The van der Waals surface area contributed by atoms with Crippen molar-refractivity contribution in [2.24, 2.45) is 5.73 Å². The van der Waals surface area contributed by atoms with Crippen LogP contribution in [-0.4, -0.2) is 30.5 Å². The average molecular weight is 289 g/mol. The van der Waals surface area contributed by atoms with Crippen molar-refractivity contribution in [3.8, 4) is 5.75 Å².